The number of anilines is 1. The van der Waals surface area contributed by atoms with Crippen molar-refractivity contribution in [2.24, 2.45) is 0 Å². The molecule has 0 radical (unpaired) electrons. The summed E-state index contributed by atoms with van der Waals surface area (Å²) in [6.45, 7) is 3.18. The second-order valence-electron chi connectivity index (χ2n) is 5.12. The van der Waals surface area contributed by atoms with Crippen LogP contribution in [0.25, 0.3) is 0 Å². The molecule has 0 unspecified atom stereocenters. The van der Waals surface area contributed by atoms with Gasteiger partial charge in [-0.25, -0.2) is 4.98 Å². The first kappa shape index (κ1) is 12.4. The van der Waals surface area contributed by atoms with E-state index in [9.17, 15) is 0 Å². The number of nitrogens with zero attached hydrogens (tertiary/aromatic N) is 2. The first-order chi connectivity index (χ1) is 8.19. The zero-order valence-electron chi connectivity index (χ0n) is 11.2. The largest absolute Gasteiger partial charge is 0.363 e. The van der Waals surface area contributed by atoms with E-state index < -0.39 is 0 Å². The molecular weight excluding hydrogens is 210 g/mol. The minimum absolute atomic E-state index is 0.764. The van der Waals surface area contributed by atoms with Crippen LogP contribution in [-0.2, 0) is 13.0 Å². The highest BCUT2D eigenvalue weighted by atomic mass is 15.1. The lowest BCUT2D eigenvalue weighted by atomic mass is 10.1. The van der Waals surface area contributed by atoms with Crippen LogP contribution in [0.15, 0.2) is 12.1 Å². The number of aryl methyl sites for hydroxylation is 1. The molecule has 94 valence electrons. The summed E-state index contributed by atoms with van der Waals surface area (Å²) < 4.78 is 0. The molecule has 0 amide bonds. The maximum absolute atomic E-state index is 4.66. The van der Waals surface area contributed by atoms with Crippen LogP contribution in [0.1, 0.15) is 37.4 Å². The van der Waals surface area contributed by atoms with Gasteiger partial charge in [-0.05, 0) is 37.0 Å². The molecule has 1 aromatic heterocycles. The molecule has 3 nitrogen and oxygen atoms in total. The molecule has 0 aliphatic heterocycles. The summed E-state index contributed by atoms with van der Waals surface area (Å²) in [5, 5.41) is 3.56. The number of aromatic nitrogens is 1. The predicted octanol–water partition coefficient (Wildman–Crippen LogP) is 2.35. The van der Waals surface area contributed by atoms with Crippen molar-refractivity contribution < 1.29 is 0 Å². The first-order valence-electron chi connectivity index (χ1n) is 6.59. The van der Waals surface area contributed by atoms with Crippen molar-refractivity contribution in [3.05, 3.63) is 23.4 Å². The number of hydrogen-bond donors (Lipinski definition) is 1. The molecule has 0 bridgehead atoms. The molecule has 0 spiro atoms. The fraction of sp³-hybridized carbons (Fsp3) is 0.643. The lowest BCUT2D eigenvalue weighted by molar-refractivity contribution is 0.685. The first-order valence-corrected chi connectivity index (χ1v) is 6.59. The van der Waals surface area contributed by atoms with Gasteiger partial charge in [0.2, 0.25) is 0 Å². The van der Waals surface area contributed by atoms with E-state index in [-0.39, 0.29) is 0 Å². The summed E-state index contributed by atoms with van der Waals surface area (Å²) >= 11 is 0. The van der Waals surface area contributed by atoms with Gasteiger partial charge >= 0.3 is 0 Å². The normalized spacial score (nSPS) is 15.0. The molecule has 2 rings (SSSR count). The van der Waals surface area contributed by atoms with Crippen LogP contribution in [-0.4, -0.2) is 25.1 Å². The Morgan fingerprint density at radius 2 is 2.12 bits per heavy atom. The van der Waals surface area contributed by atoms with Gasteiger partial charge in [0.1, 0.15) is 5.82 Å². The third-order valence-electron chi connectivity index (χ3n) is 3.06. The highest BCUT2D eigenvalue weighted by molar-refractivity contribution is 5.41. The van der Waals surface area contributed by atoms with Crippen LogP contribution in [0.2, 0.25) is 0 Å². The molecule has 0 aromatic carbocycles. The molecule has 1 fully saturated rings. The third kappa shape index (κ3) is 3.70. The van der Waals surface area contributed by atoms with Crippen LogP contribution in [0, 0.1) is 0 Å². The Labute approximate surface area is 104 Å². The smallest absolute Gasteiger partial charge is 0.128 e. The van der Waals surface area contributed by atoms with E-state index in [0.29, 0.717) is 0 Å². The van der Waals surface area contributed by atoms with Crippen molar-refractivity contribution in [1.82, 2.24) is 10.3 Å². The summed E-state index contributed by atoms with van der Waals surface area (Å²) in [6, 6.07) is 5.20. The van der Waals surface area contributed by atoms with E-state index in [4.69, 9.17) is 0 Å². The van der Waals surface area contributed by atoms with Gasteiger partial charge in [0, 0.05) is 32.4 Å². The summed E-state index contributed by atoms with van der Waals surface area (Å²) in [5.41, 5.74) is 2.57. The van der Waals surface area contributed by atoms with E-state index in [1.165, 1.54) is 24.1 Å². The van der Waals surface area contributed by atoms with Gasteiger partial charge in [-0.15, -0.1) is 0 Å². The van der Waals surface area contributed by atoms with E-state index in [1.807, 2.05) is 0 Å². The molecular formula is C14H23N3. The van der Waals surface area contributed by atoms with Crippen molar-refractivity contribution in [1.29, 1.82) is 0 Å². The average molecular weight is 233 g/mol. The van der Waals surface area contributed by atoms with Crippen LogP contribution >= 0.6 is 0 Å². The Balaban J connectivity index is 2.10. The Bertz CT molecular complexity index is 370. The van der Waals surface area contributed by atoms with Crippen molar-refractivity contribution in [2.75, 3.05) is 19.0 Å². The van der Waals surface area contributed by atoms with Gasteiger partial charge in [0.15, 0.2) is 0 Å². The quantitative estimate of drug-likeness (QED) is 0.817. The second kappa shape index (κ2) is 5.50. The fourth-order valence-corrected chi connectivity index (χ4v) is 1.90. The van der Waals surface area contributed by atoms with Gasteiger partial charge in [-0.3, -0.25) is 0 Å². The standard InChI is InChI=1S/C14H23N3/c1-4-5-13-8-11(10-15-12-6-7-12)9-14(16-13)17(2)3/h8-9,12,15H,4-7,10H2,1-3H3. The van der Waals surface area contributed by atoms with Gasteiger partial charge in [0.05, 0.1) is 0 Å². The predicted molar refractivity (Wildman–Crippen MR) is 72.4 cm³/mol. The summed E-state index contributed by atoms with van der Waals surface area (Å²) in [5.74, 6) is 1.07. The van der Waals surface area contributed by atoms with E-state index in [2.05, 4.69) is 48.4 Å². The highest BCUT2D eigenvalue weighted by Crippen LogP contribution is 2.20. The van der Waals surface area contributed by atoms with E-state index >= 15 is 0 Å². The Morgan fingerprint density at radius 1 is 1.35 bits per heavy atom. The van der Waals surface area contributed by atoms with Crippen LogP contribution < -0.4 is 10.2 Å². The molecule has 0 saturated heterocycles. The monoisotopic (exact) mass is 233 g/mol. The zero-order valence-corrected chi connectivity index (χ0v) is 11.2. The summed E-state index contributed by atoms with van der Waals surface area (Å²) in [4.78, 5) is 6.75. The molecule has 1 N–H and O–H groups in total. The highest BCUT2D eigenvalue weighted by Gasteiger charge is 2.20. The topological polar surface area (TPSA) is 28.2 Å². The molecule has 0 atom stereocenters. The van der Waals surface area contributed by atoms with Crippen LogP contribution in [0.5, 0.6) is 0 Å². The molecule has 1 aromatic rings. The Kier molecular flexibility index (Phi) is 4.00. The molecule has 1 aliphatic carbocycles. The van der Waals surface area contributed by atoms with Crippen LogP contribution in [0.3, 0.4) is 0 Å². The van der Waals surface area contributed by atoms with E-state index in [0.717, 1.165) is 31.2 Å². The maximum Gasteiger partial charge on any atom is 0.128 e. The van der Waals surface area contributed by atoms with Gasteiger partial charge < -0.3 is 10.2 Å². The minimum atomic E-state index is 0.764. The van der Waals surface area contributed by atoms with E-state index in [1.54, 1.807) is 0 Å². The lowest BCUT2D eigenvalue weighted by Gasteiger charge is -2.15. The van der Waals surface area contributed by atoms with Crippen molar-refractivity contribution in [3.8, 4) is 0 Å². The number of hydrogen-bond acceptors (Lipinski definition) is 3. The van der Waals surface area contributed by atoms with Crippen molar-refractivity contribution >= 4 is 5.82 Å². The molecule has 1 saturated carbocycles. The lowest BCUT2D eigenvalue weighted by Crippen LogP contribution is -2.17. The average Bonchev–Trinajstić information content (AvgIpc) is 3.10. The second-order valence-corrected chi connectivity index (χ2v) is 5.12. The zero-order chi connectivity index (χ0) is 12.3. The SMILES string of the molecule is CCCc1cc(CNC2CC2)cc(N(C)C)n1. The minimum Gasteiger partial charge on any atom is -0.363 e. The molecule has 1 heterocycles. The number of nitrogens with one attached hydrogen (secondary N) is 1. The third-order valence-corrected chi connectivity index (χ3v) is 3.06. The van der Waals surface area contributed by atoms with Gasteiger partial charge in [0.25, 0.3) is 0 Å². The Morgan fingerprint density at radius 3 is 2.71 bits per heavy atom. The molecule has 3 heteroatoms. The number of pyridine rings is 1. The maximum atomic E-state index is 4.66. The van der Waals surface area contributed by atoms with Gasteiger partial charge in [-0.1, -0.05) is 13.3 Å². The Hall–Kier alpha value is -1.09. The van der Waals surface area contributed by atoms with Crippen LogP contribution in [0.4, 0.5) is 5.82 Å². The fourth-order valence-electron chi connectivity index (χ4n) is 1.90. The molecule has 17 heavy (non-hydrogen) atoms. The van der Waals surface area contributed by atoms with Gasteiger partial charge in [-0.2, -0.15) is 0 Å². The summed E-state index contributed by atoms with van der Waals surface area (Å²) in [6.07, 6.45) is 4.90. The van der Waals surface area contributed by atoms with Crippen molar-refractivity contribution in [2.45, 2.75) is 45.2 Å². The summed E-state index contributed by atoms with van der Waals surface area (Å²) in [7, 11) is 4.10. The molecule has 1 aliphatic rings. The number of rotatable bonds is 6. The van der Waals surface area contributed by atoms with Crippen molar-refractivity contribution in [3.63, 3.8) is 0 Å².